The number of rotatable bonds is 3. The number of nitrogens with zero attached hydrogens (tertiary/aromatic N) is 3. The molecule has 0 amide bonds. The number of nitrogens with one attached hydrogen (secondary N) is 1. The van der Waals surface area contributed by atoms with Crippen LogP contribution in [0.3, 0.4) is 0 Å². The number of aromatic hydroxyl groups is 1. The van der Waals surface area contributed by atoms with Crippen LogP contribution in [0.1, 0.15) is 63.8 Å². The Morgan fingerprint density at radius 1 is 1.03 bits per heavy atom. The van der Waals surface area contributed by atoms with Crippen molar-refractivity contribution in [2.24, 2.45) is 5.10 Å². The standard InChI is InChI=1S/C21H23Cl3N4O/c1-20(2,3)13-7-11(8-14(17(13)29)21(4,5)6)10-26-28-19-16(23)15(22)12(9-25)18(24)27-19/h7-8,10,29H,1-6H3,(H,27,28)/b26-10-. The van der Waals surface area contributed by atoms with Crippen LogP contribution in [0.25, 0.3) is 0 Å². The van der Waals surface area contributed by atoms with Gasteiger partial charge in [-0.3, -0.25) is 5.43 Å². The highest BCUT2D eigenvalue weighted by atomic mass is 35.5. The van der Waals surface area contributed by atoms with Crippen LogP contribution >= 0.6 is 34.8 Å². The summed E-state index contributed by atoms with van der Waals surface area (Å²) in [6, 6.07) is 5.64. The van der Waals surface area contributed by atoms with Gasteiger partial charge in [-0.05, 0) is 28.5 Å². The molecule has 1 aromatic heterocycles. The SMILES string of the molecule is CC(C)(C)c1cc(/C=N\Nc2nc(Cl)c(C#N)c(Cl)c2Cl)cc(C(C)(C)C)c1O. The number of nitriles is 1. The molecule has 0 radical (unpaired) electrons. The summed E-state index contributed by atoms with van der Waals surface area (Å²) in [5.41, 5.74) is 4.67. The van der Waals surface area contributed by atoms with E-state index in [1.54, 1.807) is 6.21 Å². The molecule has 2 N–H and O–H groups in total. The first-order valence-corrected chi connectivity index (χ1v) is 10.0. The van der Waals surface area contributed by atoms with Crippen LogP contribution in [0, 0.1) is 11.3 Å². The highest BCUT2D eigenvalue weighted by Crippen LogP contribution is 2.39. The second kappa shape index (κ2) is 8.39. The van der Waals surface area contributed by atoms with E-state index in [0.29, 0.717) is 5.75 Å². The van der Waals surface area contributed by atoms with Crippen molar-refractivity contribution in [3.8, 4) is 11.8 Å². The zero-order valence-corrected chi connectivity index (χ0v) is 19.4. The predicted octanol–water partition coefficient (Wildman–Crippen LogP) is 6.66. The predicted molar refractivity (Wildman–Crippen MR) is 121 cm³/mol. The Labute approximate surface area is 186 Å². The van der Waals surface area contributed by atoms with Crippen LogP contribution in [-0.2, 0) is 10.8 Å². The Bertz CT molecular complexity index is 978. The van der Waals surface area contributed by atoms with Crippen LogP contribution in [0.2, 0.25) is 15.2 Å². The summed E-state index contributed by atoms with van der Waals surface area (Å²) in [6.07, 6.45) is 1.60. The van der Waals surface area contributed by atoms with E-state index in [1.165, 1.54) is 0 Å². The fourth-order valence-electron chi connectivity index (χ4n) is 2.72. The molecule has 8 heteroatoms. The summed E-state index contributed by atoms with van der Waals surface area (Å²) in [5.74, 6) is 0.438. The van der Waals surface area contributed by atoms with Gasteiger partial charge in [0, 0.05) is 11.1 Å². The molecule has 0 saturated carbocycles. The Kier molecular flexibility index (Phi) is 6.74. The van der Waals surface area contributed by atoms with E-state index in [0.717, 1.165) is 16.7 Å². The van der Waals surface area contributed by atoms with Gasteiger partial charge in [0.1, 0.15) is 22.4 Å². The van der Waals surface area contributed by atoms with Crippen molar-refractivity contribution in [1.82, 2.24) is 4.98 Å². The minimum Gasteiger partial charge on any atom is -0.507 e. The van der Waals surface area contributed by atoms with Gasteiger partial charge >= 0.3 is 0 Å². The quantitative estimate of drug-likeness (QED) is 0.309. The lowest BCUT2D eigenvalue weighted by molar-refractivity contribution is 0.423. The molecular weight excluding hydrogens is 431 g/mol. The summed E-state index contributed by atoms with van der Waals surface area (Å²) in [7, 11) is 0. The summed E-state index contributed by atoms with van der Waals surface area (Å²) < 4.78 is 0. The first-order valence-electron chi connectivity index (χ1n) is 8.89. The average molecular weight is 454 g/mol. The van der Waals surface area contributed by atoms with Crippen molar-refractivity contribution in [1.29, 1.82) is 5.26 Å². The number of benzene rings is 1. The van der Waals surface area contributed by atoms with Gasteiger partial charge in [0.2, 0.25) is 0 Å². The van der Waals surface area contributed by atoms with Crippen molar-refractivity contribution in [2.45, 2.75) is 52.4 Å². The van der Waals surface area contributed by atoms with Crippen LogP contribution in [0.5, 0.6) is 5.75 Å². The Balaban J connectivity index is 2.45. The van der Waals surface area contributed by atoms with Gasteiger partial charge in [0.25, 0.3) is 0 Å². The number of hydrogen-bond donors (Lipinski definition) is 2. The molecule has 5 nitrogen and oxygen atoms in total. The molecule has 0 aliphatic rings. The van der Waals surface area contributed by atoms with E-state index in [4.69, 9.17) is 40.1 Å². The largest absolute Gasteiger partial charge is 0.507 e. The van der Waals surface area contributed by atoms with Gasteiger partial charge in [-0.1, -0.05) is 76.3 Å². The van der Waals surface area contributed by atoms with E-state index in [2.05, 4.69) is 15.5 Å². The van der Waals surface area contributed by atoms with Gasteiger partial charge in [-0.2, -0.15) is 10.4 Å². The normalized spacial score (nSPS) is 12.3. The summed E-state index contributed by atoms with van der Waals surface area (Å²) >= 11 is 18.2. The number of aromatic nitrogens is 1. The molecule has 0 bridgehead atoms. The highest BCUT2D eigenvalue weighted by Gasteiger charge is 2.26. The molecule has 0 aliphatic heterocycles. The first kappa shape index (κ1) is 23.3. The van der Waals surface area contributed by atoms with Crippen LogP contribution in [-0.4, -0.2) is 16.3 Å². The monoisotopic (exact) mass is 452 g/mol. The van der Waals surface area contributed by atoms with Gasteiger partial charge in [-0.15, -0.1) is 0 Å². The number of halogens is 3. The number of hydrazone groups is 1. The van der Waals surface area contributed by atoms with E-state index in [1.807, 2.05) is 59.7 Å². The van der Waals surface area contributed by atoms with Crippen molar-refractivity contribution in [3.63, 3.8) is 0 Å². The number of hydrogen-bond acceptors (Lipinski definition) is 5. The minimum absolute atomic E-state index is 0.0102. The third-order valence-corrected chi connectivity index (χ3v) is 5.40. The number of phenolic OH excluding ortho intramolecular Hbond substituents is 1. The summed E-state index contributed by atoms with van der Waals surface area (Å²) in [4.78, 5) is 4.02. The third kappa shape index (κ3) is 5.14. The molecule has 0 saturated heterocycles. The van der Waals surface area contributed by atoms with Gasteiger partial charge in [0.15, 0.2) is 11.0 Å². The van der Waals surface area contributed by atoms with E-state index in [9.17, 15) is 5.11 Å². The molecule has 2 rings (SSSR count). The zero-order chi connectivity index (χ0) is 22.1. The third-order valence-electron chi connectivity index (χ3n) is 4.28. The van der Waals surface area contributed by atoms with E-state index in [-0.39, 0.29) is 37.4 Å². The lowest BCUT2D eigenvalue weighted by Crippen LogP contribution is -2.18. The topological polar surface area (TPSA) is 81.3 Å². The molecule has 0 aliphatic carbocycles. The molecular formula is C21H23Cl3N4O. The zero-order valence-electron chi connectivity index (χ0n) is 17.2. The molecule has 154 valence electrons. The summed E-state index contributed by atoms with van der Waals surface area (Å²) in [6.45, 7) is 12.2. The number of anilines is 1. The van der Waals surface area contributed by atoms with E-state index < -0.39 is 0 Å². The smallest absolute Gasteiger partial charge is 0.168 e. The van der Waals surface area contributed by atoms with E-state index >= 15 is 0 Å². The van der Waals surface area contributed by atoms with Crippen LogP contribution in [0.15, 0.2) is 17.2 Å². The molecule has 1 heterocycles. The Hall–Kier alpha value is -2.00. The van der Waals surface area contributed by atoms with Crippen molar-refractivity contribution in [2.75, 3.05) is 5.43 Å². The molecule has 2 aromatic rings. The maximum atomic E-state index is 10.8. The van der Waals surface area contributed by atoms with Crippen molar-refractivity contribution < 1.29 is 5.11 Å². The molecule has 29 heavy (non-hydrogen) atoms. The van der Waals surface area contributed by atoms with Crippen molar-refractivity contribution in [3.05, 3.63) is 49.6 Å². The second-order valence-corrected chi connectivity index (χ2v) is 9.81. The van der Waals surface area contributed by atoms with Gasteiger partial charge in [-0.25, -0.2) is 4.98 Å². The maximum absolute atomic E-state index is 10.8. The van der Waals surface area contributed by atoms with Gasteiger partial charge < -0.3 is 5.11 Å². The lowest BCUT2D eigenvalue weighted by Gasteiger charge is -2.27. The van der Waals surface area contributed by atoms with Crippen molar-refractivity contribution >= 4 is 46.8 Å². The summed E-state index contributed by atoms with van der Waals surface area (Å²) in [5, 5.41) is 24.0. The Morgan fingerprint density at radius 2 is 1.55 bits per heavy atom. The van der Waals surface area contributed by atoms with Crippen LogP contribution in [0.4, 0.5) is 5.82 Å². The Morgan fingerprint density at radius 3 is 2.00 bits per heavy atom. The fraction of sp³-hybridized carbons (Fsp3) is 0.381. The average Bonchev–Trinajstić information content (AvgIpc) is 2.58. The molecule has 0 atom stereocenters. The fourth-order valence-corrected chi connectivity index (χ4v) is 3.39. The molecule has 0 spiro atoms. The number of pyridine rings is 1. The highest BCUT2D eigenvalue weighted by molar-refractivity contribution is 6.45. The number of phenols is 1. The minimum atomic E-state index is -0.250. The molecule has 0 unspecified atom stereocenters. The second-order valence-electron chi connectivity index (χ2n) is 8.70. The lowest BCUT2D eigenvalue weighted by atomic mass is 9.78. The molecule has 0 fully saturated rings. The maximum Gasteiger partial charge on any atom is 0.168 e. The molecule has 1 aromatic carbocycles. The first-order chi connectivity index (χ1) is 13.3. The van der Waals surface area contributed by atoms with Gasteiger partial charge in [0.05, 0.1) is 11.2 Å². The van der Waals surface area contributed by atoms with Crippen LogP contribution < -0.4 is 5.43 Å².